The van der Waals surface area contributed by atoms with Gasteiger partial charge in [0.1, 0.15) is 23.4 Å². The first-order chi connectivity index (χ1) is 10.2. The Labute approximate surface area is 129 Å². The number of carbonyl (C=O) groups is 1. The van der Waals surface area contributed by atoms with Crippen molar-refractivity contribution in [1.29, 1.82) is 0 Å². The van der Waals surface area contributed by atoms with Crippen molar-refractivity contribution in [2.75, 3.05) is 19.8 Å². The Morgan fingerprint density at radius 3 is 2.73 bits per heavy atom. The second-order valence-electron chi connectivity index (χ2n) is 6.57. The van der Waals surface area contributed by atoms with Crippen molar-refractivity contribution in [2.24, 2.45) is 0 Å². The van der Waals surface area contributed by atoms with Crippen molar-refractivity contribution < 1.29 is 34.7 Å². The van der Waals surface area contributed by atoms with Gasteiger partial charge in [0.2, 0.25) is 0 Å². The van der Waals surface area contributed by atoms with Gasteiger partial charge in [0.25, 0.3) is 0 Å². The first-order valence-corrected chi connectivity index (χ1v) is 7.49. The number of nitrogens with one attached hydrogen (secondary N) is 1. The van der Waals surface area contributed by atoms with E-state index in [1.54, 1.807) is 0 Å². The predicted molar refractivity (Wildman–Crippen MR) is 75.4 cm³/mol. The van der Waals surface area contributed by atoms with Crippen molar-refractivity contribution in [1.82, 2.24) is 5.32 Å². The minimum atomic E-state index is -1.70. The van der Waals surface area contributed by atoms with E-state index in [9.17, 15) is 20.1 Å². The van der Waals surface area contributed by atoms with Gasteiger partial charge < -0.3 is 35.2 Å². The number of hydrogen-bond acceptors (Lipinski definition) is 7. The zero-order valence-corrected chi connectivity index (χ0v) is 12.9. The smallest absolute Gasteiger partial charge is 0.306 e. The lowest BCUT2D eigenvalue weighted by atomic mass is 9.80. The zero-order valence-electron chi connectivity index (χ0n) is 12.9. The molecule has 2 saturated heterocycles. The summed E-state index contributed by atoms with van der Waals surface area (Å²) in [5.41, 5.74) is -2.98. The second kappa shape index (κ2) is 6.38. The molecule has 5 atom stereocenters. The maximum absolute atomic E-state index is 10.9. The van der Waals surface area contributed by atoms with Crippen LogP contribution in [0.4, 0.5) is 0 Å². The molecule has 0 aliphatic carbocycles. The number of aliphatic hydroxyl groups is 3. The van der Waals surface area contributed by atoms with E-state index in [0.717, 1.165) is 0 Å². The molecule has 0 radical (unpaired) electrons. The van der Waals surface area contributed by atoms with E-state index in [1.165, 1.54) is 0 Å². The van der Waals surface area contributed by atoms with Gasteiger partial charge in [0, 0.05) is 19.0 Å². The Morgan fingerprint density at radius 2 is 2.14 bits per heavy atom. The van der Waals surface area contributed by atoms with Gasteiger partial charge in [-0.05, 0) is 0 Å². The number of rotatable bonds is 7. The van der Waals surface area contributed by atoms with Gasteiger partial charge in [-0.15, -0.1) is 0 Å². The monoisotopic (exact) mass is 319 g/mol. The van der Waals surface area contributed by atoms with Gasteiger partial charge in [-0.25, -0.2) is 0 Å². The maximum atomic E-state index is 10.9. The van der Waals surface area contributed by atoms with Crippen molar-refractivity contribution in [3.63, 3.8) is 0 Å². The number of hydrogen-bond donors (Lipinski definition) is 5. The summed E-state index contributed by atoms with van der Waals surface area (Å²) >= 11 is 0. The van der Waals surface area contributed by atoms with E-state index >= 15 is 0 Å². The van der Waals surface area contributed by atoms with Gasteiger partial charge in [-0.2, -0.15) is 0 Å². The van der Waals surface area contributed by atoms with Crippen LogP contribution in [0.3, 0.4) is 0 Å². The fraction of sp³-hybridized carbons (Fsp3) is 0.929. The molecule has 2 aliphatic rings. The fourth-order valence-corrected chi connectivity index (χ4v) is 3.28. The molecule has 0 aromatic carbocycles. The lowest BCUT2D eigenvalue weighted by Crippen LogP contribution is -2.54. The first kappa shape index (κ1) is 17.6. The summed E-state index contributed by atoms with van der Waals surface area (Å²) in [6.07, 6.45) is -3.28. The van der Waals surface area contributed by atoms with E-state index in [4.69, 9.17) is 14.6 Å². The van der Waals surface area contributed by atoms with Crippen LogP contribution in [0.15, 0.2) is 0 Å². The van der Waals surface area contributed by atoms with Crippen molar-refractivity contribution in [3.8, 4) is 0 Å². The van der Waals surface area contributed by atoms with Crippen molar-refractivity contribution in [2.45, 2.75) is 62.2 Å². The predicted octanol–water partition coefficient (Wildman–Crippen LogP) is -1.53. The Balaban J connectivity index is 2.11. The molecule has 0 amide bonds. The normalized spacial score (nSPS) is 39.2. The molecule has 2 fully saturated rings. The largest absolute Gasteiger partial charge is 0.481 e. The molecule has 128 valence electrons. The molecule has 5 N–H and O–H groups in total. The Hall–Kier alpha value is -0.770. The van der Waals surface area contributed by atoms with Crippen LogP contribution in [0.25, 0.3) is 0 Å². The van der Waals surface area contributed by atoms with Gasteiger partial charge >= 0.3 is 5.97 Å². The zero-order chi connectivity index (χ0) is 16.5. The molecular formula is C14H25NO7. The minimum Gasteiger partial charge on any atom is -0.481 e. The van der Waals surface area contributed by atoms with Crippen LogP contribution in [-0.2, 0) is 14.3 Å². The van der Waals surface area contributed by atoms with Crippen LogP contribution < -0.4 is 5.32 Å². The average molecular weight is 319 g/mol. The highest BCUT2D eigenvalue weighted by Gasteiger charge is 2.66. The molecule has 0 spiro atoms. The molecule has 2 heterocycles. The van der Waals surface area contributed by atoms with Crippen LogP contribution in [0, 0.1) is 0 Å². The molecule has 0 aromatic rings. The Kier molecular flexibility index (Phi) is 5.10. The lowest BCUT2D eigenvalue weighted by Gasteiger charge is -2.34. The van der Waals surface area contributed by atoms with E-state index in [2.05, 4.69) is 5.32 Å². The highest BCUT2D eigenvalue weighted by Crippen LogP contribution is 2.46. The van der Waals surface area contributed by atoms with E-state index in [-0.39, 0.29) is 25.7 Å². The Morgan fingerprint density at radius 1 is 1.45 bits per heavy atom. The van der Waals surface area contributed by atoms with Crippen LogP contribution in [0.2, 0.25) is 0 Å². The molecule has 2 aliphatic heterocycles. The average Bonchev–Trinajstić information content (AvgIpc) is 2.85. The van der Waals surface area contributed by atoms with Crippen molar-refractivity contribution >= 4 is 5.97 Å². The molecule has 0 bridgehead atoms. The standard InChI is InChI=1S/C14H25NO7/c1-8(2)15-5-9(16)3-14-10(17)6-21-12(14)13(20,7-22-14)4-11(18)19/h8-10,12,15-17,20H,3-7H2,1-2H3,(H,18,19)/t9?,10-,12+,13-,14+/m0/s1. The van der Waals surface area contributed by atoms with Crippen LogP contribution in [0.5, 0.6) is 0 Å². The fourth-order valence-electron chi connectivity index (χ4n) is 3.28. The van der Waals surface area contributed by atoms with Crippen LogP contribution in [0.1, 0.15) is 26.7 Å². The number of carboxylic acids is 1. The maximum Gasteiger partial charge on any atom is 0.306 e. The van der Waals surface area contributed by atoms with Gasteiger partial charge in [0.15, 0.2) is 0 Å². The highest BCUT2D eigenvalue weighted by molar-refractivity contribution is 5.68. The number of aliphatic hydroxyl groups excluding tert-OH is 2. The van der Waals surface area contributed by atoms with E-state index in [1.807, 2.05) is 13.8 Å². The molecular weight excluding hydrogens is 294 g/mol. The number of fused-ring (bicyclic) bond motifs is 1. The summed E-state index contributed by atoms with van der Waals surface area (Å²) in [5, 5.41) is 42.9. The summed E-state index contributed by atoms with van der Waals surface area (Å²) in [6, 6.07) is 0.195. The number of ether oxygens (including phenoxy) is 2. The number of carboxylic acid groups (broad SMARTS) is 1. The Bertz CT molecular complexity index is 418. The minimum absolute atomic E-state index is 0.0560. The van der Waals surface area contributed by atoms with Crippen LogP contribution >= 0.6 is 0 Å². The summed E-state index contributed by atoms with van der Waals surface area (Å²) in [5.74, 6) is -1.17. The molecule has 2 rings (SSSR count). The van der Waals surface area contributed by atoms with E-state index < -0.39 is 41.9 Å². The quantitative estimate of drug-likeness (QED) is 0.382. The summed E-state index contributed by atoms with van der Waals surface area (Å²) < 4.78 is 11.0. The number of aliphatic carboxylic acids is 1. The molecule has 0 aromatic heterocycles. The van der Waals surface area contributed by atoms with Gasteiger partial charge in [-0.1, -0.05) is 13.8 Å². The van der Waals surface area contributed by atoms with Gasteiger partial charge in [-0.3, -0.25) is 4.79 Å². The van der Waals surface area contributed by atoms with Gasteiger partial charge in [0.05, 0.1) is 25.7 Å². The highest BCUT2D eigenvalue weighted by atomic mass is 16.6. The second-order valence-corrected chi connectivity index (χ2v) is 6.57. The molecule has 0 saturated carbocycles. The SMILES string of the molecule is CC(C)NCC(O)C[C@]12OC[C@@](O)(CC(=O)O)[C@H]1OC[C@@H]2O. The molecule has 1 unspecified atom stereocenters. The first-order valence-electron chi connectivity index (χ1n) is 7.49. The summed E-state index contributed by atoms with van der Waals surface area (Å²) in [6.45, 7) is 3.89. The summed E-state index contributed by atoms with van der Waals surface area (Å²) in [4.78, 5) is 10.9. The molecule has 8 heteroatoms. The van der Waals surface area contributed by atoms with Crippen LogP contribution in [-0.4, -0.2) is 81.7 Å². The third-order valence-corrected chi connectivity index (χ3v) is 4.28. The van der Waals surface area contributed by atoms with Crippen molar-refractivity contribution in [3.05, 3.63) is 0 Å². The third kappa shape index (κ3) is 3.27. The molecule has 22 heavy (non-hydrogen) atoms. The molecule has 8 nitrogen and oxygen atoms in total. The van der Waals surface area contributed by atoms with E-state index in [0.29, 0.717) is 6.54 Å². The third-order valence-electron chi connectivity index (χ3n) is 4.28. The summed E-state index contributed by atoms with van der Waals surface area (Å²) in [7, 11) is 0. The topological polar surface area (TPSA) is 128 Å². The lowest BCUT2D eigenvalue weighted by molar-refractivity contribution is -0.147.